The summed E-state index contributed by atoms with van der Waals surface area (Å²) in [5.74, 6) is 0. The third kappa shape index (κ3) is 9.49. The molecular weight excluding hydrogens is 973 g/mol. The first-order chi connectivity index (χ1) is 39.4. The summed E-state index contributed by atoms with van der Waals surface area (Å²) >= 11 is 0. The van der Waals surface area contributed by atoms with Crippen LogP contribution in [0.2, 0.25) is 0 Å². The molecular formula is C59H43IrN4O. The van der Waals surface area contributed by atoms with Gasteiger partial charge in [0.25, 0.3) is 0 Å². The molecule has 0 aliphatic carbocycles. The van der Waals surface area contributed by atoms with Gasteiger partial charge in [-0.3, -0.25) is 0 Å². The van der Waals surface area contributed by atoms with Crippen LogP contribution in [0.25, 0.3) is 66.8 Å². The van der Waals surface area contributed by atoms with E-state index in [-0.39, 0.29) is 70.0 Å². The molecule has 0 spiro atoms. The third-order valence-corrected chi connectivity index (χ3v) is 10.1. The normalized spacial score (nSPS) is 17.1. The van der Waals surface area contributed by atoms with Gasteiger partial charge in [-0.15, -0.1) is 90.0 Å². The summed E-state index contributed by atoms with van der Waals surface area (Å²) in [6.45, 7) is -2.95. The van der Waals surface area contributed by atoms with Crippen LogP contribution in [0.1, 0.15) is 71.9 Å². The molecule has 65 heavy (non-hydrogen) atoms. The molecule has 0 bridgehead atoms. The molecule has 0 saturated carbocycles. The molecule has 0 aliphatic rings. The van der Waals surface area contributed by atoms with Crippen molar-refractivity contribution >= 4 is 21.9 Å². The molecule has 0 N–H and O–H groups in total. The predicted octanol–water partition coefficient (Wildman–Crippen LogP) is 13.4. The Labute approximate surface area is 422 Å². The van der Waals surface area contributed by atoms with Crippen LogP contribution in [0.15, 0.2) is 175 Å². The molecule has 0 saturated heterocycles. The van der Waals surface area contributed by atoms with E-state index in [2.05, 4.69) is 33.2 Å². The minimum atomic E-state index is -3.28. The first-order valence-electron chi connectivity index (χ1n) is 29.8. The Morgan fingerprint density at radius 1 is 0.585 bits per heavy atom. The Balaban J connectivity index is 0.00000865. The number of nitriles is 1. The fourth-order valence-corrected chi connectivity index (χ4v) is 7.05. The van der Waals surface area contributed by atoms with Crippen LogP contribution in [0.4, 0.5) is 0 Å². The molecule has 6 aromatic carbocycles. The molecule has 0 unspecified atom stereocenters. The first-order valence-corrected chi connectivity index (χ1v) is 19.8. The number of hydrogen-bond donors (Lipinski definition) is 0. The van der Waals surface area contributed by atoms with Gasteiger partial charge in [0, 0.05) is 50.1 Å². The molecule has 0 aliphatic heterocycles. The van der Waals surface area contributed by atoms with Crippen LogP contribution in [0.5, 0.6) is 0 Å². The molecule has 5 nitrogen and oxygen atoms in total. The van der Waals surface area contributed by atoms with Crippen molar-refractivity contribution in [2.24, 2.45) is 0 Å². The van der Waals surface area contributed by atoms with Gasteiger partial charge in [0.1, 0.15) is 11.7 Å². The Morgan fingerprint density at radius 2 is 1.12 bits per heavy atom. The fraction of sp³-hybridized carbons (Fsp3) is 0.119. The topological polar surface area (TPSA) is 75.6 Å². The summed E-state index contributed by atoms with van der Waals surface area (Å²) in [4.78, 5) is 13.2. The van der Waals surface area contributed by atoms with Crippen molar-refractivity contribution in [1.82, 2.24) is 15.0 Å². The molecule has 4 aromatic heterocycles. The van der Waals surface area contributed by atoms with Crippen molar-refractivity contribution < 1.29 is 51.9 Å². The minimum absolute atomic E-state index is 0. The van der Waals surface area contributed by atoms with Gasteiger partial charge in [0.05, 0.1) is 18.0 Å². The average Bonchev–Trinajstić information content (AvgIpc) is 1.80. The Morgan fingerprint density at radius 3 is 1.60 bits per heavy atom. The summed E-state index contributed by atoms with van der Waals surface area (Å²) in [5.41, 5.74) is -3.04. The van der Waals surface area contributed by atoms with E-state index in [0.717, 1.165) is 36.8 Å². The molecule has 6 heteroatoms. The molecule has 4 heterocycles. The van der Waals surface area contributed by atoms with E-state index in [1.54, 1.807) is 48.5 Å². The van der Waals surface area contributed by atoms with Crippen LogP contribution in [0, 0.1) is 36.4 Å². The predicted molar refractivity (Wildman–Crippen MR) is 256 cm³/mol. The summed E-state index contributed by atoms with van der Waals surface area (Å²) in [6, 6.07) is 35.8. The maximum absolute atomic E-state index is 10.5. The average molecular weight is 1040 g/mol. The van der Waals surface area contributed by atoms with Crippen LogP contribution < -0.4 is 0 Å². The van der Waals surface area contributed by atoms with Crippen molar-refractivity contribution in [2.75, 3.05) is 0 Å². The van der Waals surface area contributed by atoms with Gasteiger partial charge < -0.3 is 19.4 Å². The second-order valence-corrected chi connectivity index (χ2v) is 14.3. The third-order valence-electron chi connectivity index (χ3n) is 10.1. The van der Waals surface area contributed by atoms with Gasteiger partial charge in [-0.25, -0.2) is 0 Å². The van der Waals surface area contributed by atoms with Crippen molar-refractivity contribution in [3.63, 3.8) is 0 Å². The number of benzene rings is 6. The number of fused-ring (bicyclic) bond motifs is 3. The van der Waals surface area contributed by atoms with E-state index < -0.39 is 114 Å². The van der Waals surface area contributed by atoms with Gasteiger partial charge in [-0.2, -0.15) is 5.26 Å². The Bertz CT molecular complexity index is 4090. The fourth-order valence-electron chi connectivity index (χ4n) is 7.05. The Kier molecular flexibility index (Phi) is 7.63. The van der Waals surface area contributed by atoms with Crippen molar-refractivity contribution in [2.45, 2.75) is 45.1 Å². The zero-order valence-electron chi connectivity index (χ0n) is 53.8. The van der Waals surface area contributed by atoms with Gasteiger partial charge in [-0.1, -0.05) is 95.8 Å². The van der Waals surface area contributed by atoms with E-state index in [1.165, 1.54) is 54.6 Å². The van der Waals surface area contributed by atoms with Gasteiger partial charge >= 0.3 is 20.1 Å². The van der Waals surface area contributed by atoms with Gasteiger partial charge in [0.15, 0.2) is 0 Å². The summed E-state index contributed by atoms with van der Waals surface area (Å²) < 4.78 is 187. The van der Waals surface area contributed by atoms with E-state index in [4.69, 9.17) is 15.4 Å². The molecule has 314 valence electrons. The maximum atomic E-state index is 10.5. The van der Waals surface area contributed by atoms with Crippen molar-refractivity contribution in [3.8, 4) is 51.0 Å². The number of pyridine rings is 3. The SMILES string of the molecule is [2H]c1c([2H])c([2H])c(-c2c(C#N)c(C([2H])([2H])[2H])cc3c2oc2c(-c4ccc(C([2H])([2H])C([2H])([2H])c5cc(C([2H])([2H])C([2H])([2H])c6ccc(-c7[c-]cccc7)nc6)cc(C([2H])([2H])C([2H])([2H])c6ccc(-c7[c-]cccc7)nc6)c5)cn4)[c-]ccc23)c([2H])c1[2H].[Ir+3]. The number of aromatic nitrogens is 3. The van der Waals surface area contributed by atoms with E-state index in [9.17, 15) is 21.7 Å². The van der Waals surface area contributed by atoms with Crippen molar-refractivity contribution in [3.05, 3.63) is 233 Å². The zero-order chi connectivity index (χ0) is 60.9. The second kappa shape index (κ2) is 19.6. The number of aryl methyl sites for hydroxylation is 7. The first kappa shape index (κ1) is 25.3. The smallest absolute Gasteiger partial charge is 0.500 e. The summed E-state index contributed by atoms with van der Waals surface area (Å²) in [7, 11) is 0. The van der Waals surface area contributed by atoms with E-state index in [1.807, 2.05) is 6.07 Å². The summed E-state index contributed by atoms with van der Waals surface area (Å²) in [6.07, 6.45) is -15.5. The minimum Gasteiger partial charge on any atom is -0.500 e. The number of rotatable bonds is 13. The van der Waals surface area contributed by atoms with Crippen molar-refractivity contribution in [1.29, 1.82) is 5.26 Å². The molecule has 0 fully saturated rings. The monoisotopic (exact) mass is 1040 g/mol. The van der Waals surface area contributed by atoms with Gasteiger partial charge in [-0.05, 0) is 113 Å². The van der Waals surface area contributed by atoms with Crippen LogP contribution in [0.3, 0.4) is 0 Å². The van der Waals surface area contributed by atoms with Crippen LogP contribution in [-0.2, 0) is 58.3 Å². The largest absolute Gasteiger partial charge is 3.00 e. The summed E-state index contributed by atoms with van der Waals surface area (Å²) in [5, 5.41) is 10.8. The standard InChI is InChI=1S/C59H43N4O.Ir/c1-40-32-52-50-18-11-19-51(58(50)64-59(52)57(53(40)36-60)49-16-9-4-10-17-49)56-31-28-43(39-63-56)22-25-46-34-44(23-20-41-26-29-54(61-37-41)47-12-5-2-6-13-47)33-45(35-46)24-21-42-27-30-55(62-38-42)48-14-7-3-8-15-48;/h2-12,14,16-18,26-35,37-39H,20-25H2,1H3;/q-3;+3/i1D3,4D,9D,10D,16D,17D,20D2,21D2,22D2,23D2,24D2,25D2;. The molecule has 10 rings (SSSR count). The van der Waals surface area contributed by atoms with Crippen LogP contribution >= 0.6 is 0 Å². The molecule has 0 atom stereocenters. The van der Waals surface area contributed by atoms with Gasteiger partial charge in [0.2, 0.25) is 0 Å². The maximum Gasteiger partial charge on any atom is 3.00 e. The molecule has 0 amide bonds. The molecule has 0 radical (unpaired) electrons. The van der Waals surface area contributed by atoms with E-state index >= 15 is 0 Å². The zero-order valence-corrected chi connectivity index (χ0v) is 36.2. The molecule has 10 aromatic rings. The number of nitrogens with zero attached hydrogens (tertiary/aromatic N) is 4. The van der Waals surface area contributed by atoms with E-state index in [0.29, 0.717) is 22.5 Å². The number of furan rings is 1. The second-order valence-electron chi connectivity index (χ2n) is 14.3. The Hall–Kier alpha value is -7.29. The number of hydrogen-bond acceptors (Lipinski definition) is 5. The van der Waals surface area contributed by atoms with Crippen LogP contribution in [-0.4, -0.2) is 15.0 Å². The quantitative estimate of drug-likeness (QED) is 0.108.